The summed E-state index contributed by atoms with van der Waals surface area (Å²) in [6.45, 7) is 0.172. The molecular weight excluding hydrogens is 415 g/mol. The van der Waals surface area contributed by atoms with Gasteiger partial charge in [-0.05, 0) is 42.0 Å². The molecule has 0 bridgehead atoms. The molecule has 0 amide bonds. The lowest BCUT2D eigenvalue weighted by atomic mass is 9.84. The van der Waals surface area contributed by atoms with Crippen molar-refractivity contribution < 1.29 is 17.9 Å². The van der Waals surface area contributed by atoms with Crippen LogP contribution in [0.1, 0.15) is 54.7 Å². The minimum atomic E-state index is -4.58. The molecule has 32 heavy (non-hydrogen) atoms. The Balaban J connectivity index is 1.58. The maximum Gasteiger partial charge on any atom is 0.421 e. The van der Waals surface area contributed by atoms with Crippen molar-refractivity contribution in [3.05, 3.63) is 77.5 Å². The zero-order chi connectivity index (χ0) is 22.6. The molecule has 0 atom stereocenters. The molecule has 1 aliphatic rings. The summed E-state index contributed by atoms with van der Waals surface area (Å²) < 4.78 is 46.6. The first-order valence-corrected chi connectivity index (χ1v) is 10.9. The number of anilines is 2. The van der Waals surface area contributed by atoms with Crippen LogP contribution in [0, 0.1) is 0 Å². The molecule has 2 aromatic carbocycles. The van der Waals surface area contributed by atoms with Gasteiger partial charge in [0.15, 0.2) is 5.82 Å². The summed E-state index contributed by atoms with van der Waals surface area (Å²) >= 11 is 0. The van der Waals surface area contributed by atoms with Crippen LogP contribution in [-0.2, 0) is 12.8 Å². The van der Waals surface area contributed by atoms with Gasteiger partial charge in [0.05, 0.1) is 0 Å². The number of alkyl halides is 3. The lowest BCUT2D eigenvalue weighted by Crippen LogP contribution is -2.19. The number of ether oxygens (including phenoxy) is 1. The highest BCUT2D eigenvalue weighted by Gasteiger charge is 2.36. The normalized spacial score (nSPS) is 14.9. The van der Waals surface area contributed by atoms with Gasteiger partial charge in [-0.15, -0.1) is 0 Å². The van der Waals surface area contributed by atoms with Gasteiger partial charge in [-0.1, -0.05) is 61.7 Å². The van der Waals surface area contributed by atoms with Gasteiger partial charge in [-0.25, -0.2) is 4.98 Å². The maximum atomic E-state index is 13.7. The second kappa shape index (κ2) is 9.59. The lowest BCUT2D eigenvalue weighted by molar-refractivity contribution is -0.137. The predicted octanol–water partition coefficient (Wildman–Crippen LogP) is 6.89. The second-order valence-electron chi connectivity index (χ2n) is 8.15. The molecule has 1 heterocycles. The van der Waals surface area contributed by atoms with Crippen LogP contribution in [0.2, 0.25) is 0 Å². The van der Waals surface area contributed by atoms with E-state index in [4.69, 9.17) is 4.74 Å². The Morgan fingerprint density at radius 3 is 2.31 bits per heavy atom. The minimum absolute atomic E-state index is 0.0949. The average Bonchev–Trinajstić information content (AvgIpc) is 2.83. The van der Waals surface area contributed by atoms with E-state index in [1.54, 1.807) is 7.05 Å². The van der Waals surface area contributed by atoms with Crippen molar-refractivity contribution in [3.8, 4) is 6.01 Å². The van der Waals surface area contributed by atoms with Crippen LogP contribution < -0.4 is 9.64 Å². The summed E-state index contributed by atoms with van der Waals surface area (Å²) in [6, 6.07) is 17.0. The molecule has 0 unspecified atom stereocenters. The Morgan fingerprint density at radius 1 is 0.969 bits per heavy atom. The third-order valence-electron chi connectivity index (χ3n) is 5.94. The van der Waals surface area contributed by atoms with Crippen molar-refractivity contribution in [2.75, 3.05) is 11.9 Å². The Kier molecular flexibility index (Phi) is 6.63. The first kappa shape index (κ1) is 22.1. The number of nitrogens with zero attached hydrogens (tertiary/aromatic N) is 3. The smallest absolute Gasteiger partial charge is 0.421 e. The van der Waals surface area contributed by atoms with Crippen LogP contribution in [0.15, 0.2) is 60.8 Å². The van der Waals surface area contributed by atoms with Crippen LogP contribution >= 0.6 is 0 Å². The van der Waals surface area contributed by atoms with E-state index in [0.29, 0.717) is 11.6 Å². The summed E-state index contributed by atoms with van der Waals surface area (Å²) in [5.41, 5.74) is 1.85. The molecule has 4 nitrogen and oxygen atoms in total. The molecule has 1 aliphatic carbocycles. The molecule has 0 spiro atoms. The van der Waals surface area contributed by atoms with E-state index in [-0.39, 0.29) is 18.4 Å². The highest BCUT2D eigenvalue weighted by molar-refractivity contribution is 5.63. The average molecular weight is 441 g/mol. The van der Waals surface area contributed by atoms with Crippen molar-refractivity contribution in [2.45, 2.75) is 50.8 Å². The van der Waals surface area contributed by atoms with E-state index in [9.17, 15) is 13.2 Å². The number of halogens is 3. The zero-order valence-electron chi connectivity index (χ0n) is 18.0. The Labute approximate surface area is 186 Å². The largest absolute Gasteiger partial charge is 0.459 e. The molecule has 1 fully saturated rings. The molecule has 0 aliphatic heterocycles. The summed E-state index contributed by atoms with van der Waals surface area (Å²) in [4.78, 5) is 9.34. The van der Waals surface area contributed by atoms with Crippen molar-refractivity contribution in [2.24, 2.45) is 0 Å². The van der Waals surface area contributed by atoms with Gasteiger partial charge in [0.25, 0.3) is 0 Å². The second-order valence-corrected chi connectivity index (χ2v) is 8.15. The third kappa shape index (κ3) is 5.21. The molecule has 168 valence electrons. The number of hydrogen-bond donors (Lipinski definition) is 0. The lowest BCUT2D eigenvalue weighted by Gasteiger charge is -2.25. The molecule has 0 radical (unpaired) electrons. The predicted molar refractivity (Wildman–Crippen MR) is 118 cm³/mol. The molecule has 0 saturated heterocycles. The molecule has 0 N–H and O–H groups in total. The van der Waals surface area contributed by atoms with E-state index in [2.05, 4.69) is 9.97 Å². The zero-order valence-corrected chi connectivity index (χ0v) is 18.0. The van der Waals surface area contributed by atoms with Crippen molar-refractivity contribution in [1.29, 1.82) is 0 Å². The van der Waals surface area contributed by atoms with E-state index in [0.717, 1.165) is 11.8 Å². The van der Waals surface area contributed by atoms with Crippen LogP contribution in [0.4, 0.5) is 24.7 Å². The SMILES string of the molecule is CN(c1ccc(C2CCCCC2)cc1)c1nc(OCc2ccccc2)ncc1C(F)(F)F. The van der Waals surface area contributed by atoms with Crippen molar-refractivity contribution in [1.82, 2.24) is 9.97 Å². The fourth-order valence-electron chi connectivity index (χ4n) is 4.13. The van der Waals surface area contributed by atoms with E-state index in [1.165, 1.54) is 42.6 Å². The maximum absolute atomic E-state index is 13.7. The topological polar surface area (TPSA) is 38.2 Å². The van der Waals surface area contributed by atoms with Crippen molar-refractivity contribution in [3.63, 3.8) is 0 Å². The number of benzene rings is 2. The quantitative estimate of drug-likeness (QED) is 0.417. The molecule has 1 saturated carbocycles. The van der Waals surface area contributed by atoms with Crippen LogP contribution in [0.25, 0.3) is 0 Å². The van der Waals surface area contributed by atoms with Gasteiger partial charge in [-0.3, -0.25) is 0 Å². The van der Waals surface area contributed by atoms with Crippen LogP contribution in [-0.4, -0.2) is 17.0 Å². The van der Waals surface area contributed by atoms with Gasteiger partial charge in [0.2, 0.25) is 0 Å². The first-order valence-electron chi connectivity index (χ1n) is 10.9. The van der Waals surface area contributed by atoms with E-state index < -0.39 is 11.7 Å². The summed E-state index contributed by atoms with van der Waals surface area (Å²) in [6.07, 6.45) is 2.28. The molecule has 1 aromatic heterocycles. The monoisotopic (exact) mass is 441 g/mol. The Morgan fingerprint density at radius 2 is 1.66 bits per heavy atom. The van der Waals surface area contributed by atoms with Gasteiger partial charge in [0.1, 0.15) is 12.2 Å². The fourth-order valence-corrected chi connectivity index (χ4v) is 4.13. The Hall–Kier alpha value is -3.09. The highest BCUT2D eigenvalue weighted by Crippen LogP contribution is 2.39. The minimum Gasteiger partial charge on any atom is -0.459 e. The van der Waals surface area contributed by atoms with Crippen LogP contribution in [0.5, 0.6) is 6.01 Å². The Bertz CT molecular complexity index is 1020. The number of rotatable bonds is 6. The van der Waals surface area contributed by atoms with Crippen molar-refractivity contribution >= 4 is 11.5 Å². The number of hydrogen-bond acceptors (Lipinski definition) is 4. The van der Waals surface area contributed by atoms with Gasteiger partial charge >= 0.3 is 12.2 Å². The van der Waals surface area contributed by atoms with Crippen LogP contribution in [0.3, 0.4) is 0 Å². The summed E-state index contributed by atoms with van der Waals surface area (Å²) in [7, 11) is 1.58. The molecule has 4 rings (SSSR count). The van der Waals surface area contributed by atoms with Gasteiger partial charge in [-0.2, -0.15) is 18.2 Å². The fraction of sp³-hybridized carbons (Fsp3) is 0.360. The molecular formula is C25H26F3N3O. The van der Waals surface area contributed by atoms with E-state index in [1.807, 2.05) is 54.6 Å². The summed E-state index contributed by atoms with van der Waals surface area (Å²) in [5, 5.41) is 0. The number of aromatic nitrogens is 2. The van der Waals surface area contributed by atoms with E-state index >= 15 is 0 Å². The highest BCUT2D eigenvalue weighted by atomic mass is 19.4. The molecule has 3 aromatic rings. The summed E-state index contributed by atoms with van der Waals surface area (Å²) in [5.74, 6) is 0.298. The third-order valence-corrected chi connectivity index (χ3v) is 5.94. The first-order chi connectivity index (χ1) is 15.4. The van der Waals surface area contributed by atoms with Gasteiger partial charge < -0.3 is 9.64 Å². The molecule has 7 heteroatoms. The van der Waals surface area contributed by atoms with Gasteiger partial charge in [0, 0.05) is 18.9 Å². The standard InChI is InChI=1S/C25H26F3N3O/c1-31(21-14-12-20(13-15-21)19-10-6-3-7-11-19)23-22(25(26,27)28)16-29-24(30-23)32-17-18-8-4-2-5-9-18/h2,4-5,8-9,12-16,19H,3,6-7,10-11,17H2,1H3.